The van der Waals surface area contributed by atoms with E-state index in [1.807, 2.05) is 0 Å². The average molecular weight is 290 g/mol. The molecule has 0 spiro atoms. The van der Waals surface area contributed by atoms with Crippen LogP contribution in [0.4, 0.5) is 11.4 Å². The zero-order chi connectivity index (χ0) is 15.6. The topological polar surface area (TPSA) is 24.5 Å². The van der Waals surface area contributed by atoms with Gasteiger partial charge in [-0.15, -0.1) is 0 Å². The van der Waals surface area contributed by atoms with E-state index in [2.05, 4.69) is 76.3 Å². The van der Waals surface area contributed by atoms with E-state index >= 15 is 0 Å². The minimum atomic E-state index is 0.190. The maximum atomic E-state index is 6.03. The highest BCUT2D eigenvalue weighted by Crippen LogP contribution is 2.44. The van der Waals surface area contributed by atoms with Crippen LogP contribution in [0.3, 0.4) is 0 Å². The minimum Gasteiger partial charge on any atom is -0.382 e. The molecule has 1 aliphatic rings. The number of nitrogens with one attached hydrogen (secondary N) is 1. The van der Waals surface area contributed by atoms with E-state index in [0.717, 1.165) is 13.0 Å². The third kappa shape index (κ3) is 3.70. The lowest BCUT2D eigenvalue weighted by atomic mass is 9.64. The molecule has 1 aliphatic carbocycles. The molecule has 0 heterocycles. The van der Waals surface area contributed by atoms with Crippen LogP contribution in [-0.2, 0) is 4.74 Å². The molecule has 0 bridgehead atoms. The van der Waals surface area contributed by atoms with Crippen molar-refractivity contribution >= 4 is 11.4 Å². The van der Waals surface area contributed by atoms with Gasteiger partial charge in [-0.05, 0) is 36.6 Å². The zero-order valence-corrected chi connectivity index (χ0v) is 14.3. The SMILES string of the molecule is CC(C)COC1CC(Nc2ccc(N(C)C)cc2)C1(C)C. The minimum absolute atomic E-state index is 0.190. The van der Waals surface area contributed by atoms with Crippen LogP contribution in [0.15, 0.2) is 24.3 Å². The van der Waals surface area contributed by atoms with E-state index in [1.54, 1.807) is 0 Å². The van der Waals surface area contributed by atoms with Crippen molar-refractivity contribution in [2.45, 2.75) is 46.3 Å². The van der Waals surface area contributed by atoms with Gasteiger partial charge in [0.1, 0.15) is 0 Å². The molecule has 1 aromatic carbocycles. The van der Waals surface area contributed by atoms with Gasteiger partial charge in [-0.1, -0.05) is 27.7 Å². The molecular formula is C18H30N2O. The van der Waals surface area contributed by atoms with Gasteiger partial charge >= 0.3 is 0 Å². The first-order chi connectivity index (χ1) is 9.80. The van der Waals surface area contributed by atoms with Gasteiger partial charge in [0.15, 0.2) is 0 Å². The van der Waals surface area contributed by atoms with E-state index in [1.165, 1.54) is 11.4 Å². The standard InChI is InChI=1S/C18H30N2O/c1-13(2)12-21-17-11-16(18(17,3)4)19-14-7-9-15(10-8-14)20(5)6/h7-10,13,16-17,19H,11-12H2,1-6H3. The summed E-state index contributed by atoms with van der Waals surface area (Å²) in [5.41, 5.74) is 2.61. The summed E-state index contributed by atoms with van der Waals surface area (Å²) in [6, 6.07) is 9.11. The number of ether oxygens (including phenoxy) is 1. The molecule has 118 valence electrons. The van der Waals surface area contributed by atoms with Gasteiger partial charge < -0.3 is 15.0 Å². The largest absolute Gasteiger partial charge is 0.382 e. The molecule has 2 rings (SSSR count). The molecule has 1 fully saturated rings. The average Bonchev–Trinajstić information content (AvgIpc) is 2.42. The van der Waals surface area contributed by atoms with Gasteiger partial charge in [-0.25, -0.2) is 0 Å². The van der Waals surface area contributed by atoms with Crippen LogP contribution in [0.1, 0.15) is 34.1 Å². The molecule has 21 heavy (non-hydrogen) atoms. The summed E-state index contributed by atoms with van der Waals surface area (Å²) in [7, 11) is 4.13. The molecule has 0 aliphatic heterocycles. The van der Waals surface area contributed by atoms with Gasteiger partial charge in [-0.2, -0.15) is 0 Å². The van der Waals surface area contributed by atoms with Crippen molar-refractivity contribution in [1.82, 2.24) is 0 Å². The predicted octanol–water partition coefficient (Wildman–Crippen LogP) is 4.00. The number of hydrogen-bond acceptors (Lipinski definition) is 3. The fourth-order valence-electron chi connectivity index (χ4n) is 2.78. The predicted molar refractivity (Wildman–Crippen MR) is 91.2 cm³/mol. The van der Waals surface area contributed by atoms with Crippen LogP contribution in [0.25, 0.3) is 0 Å². The second-order valence-corrected chi connectivity index (χ2v) is 7.41. The van der Waals surface area contributed by atoms with Gasteiger partial charge in [0, 0.05) is 43.5 Å². The van der Waals surface area contributed by atoms with Gasteiger partial charge in [0.25, 0.3) is 0 Å². The Kier molecular flexibility index (Phi) is 4.82. The molecule has 0 radical (unpaired) electrons. The normalized spacial score (nSPS) is 23.8. The molecule has 0 aromatic heterocycles. The summed E-state index contributed by atoms with van der Waals surface area (Å²) < 4.78 is 6.03. The summed E-state index contributed by atoms with van der Waals surface area (Å²) in [4.78, 5) is 2.12. The number of rotatable bonds is 6. The summed E-state index contributed by atoms with van der Waals surface area (Å²) >= 11 is 0. The quantitative estimate of drug-likeness (QED) is 0.857. The zero-order valence-electron chi connectivity index (χ0n) is 14.3. The van der Waals surface area contributed by atoms with E-state index in [9.17, 15) is 0 Å². The summed E-state index contributed by atoms with van der Waals surface area (Å²) in [5.74, 6) is 0.603. The third-order valence-electron chi connectivity index (χ3n) is 4.53. The molecule has 2 unspecified atom stereocenters. The number of benzene rings is 1. The van der Waals surface area contributed by atoms with Crippen molar-refractivity contribution in [2.24, 2.45) is 11.3 Å². The van der Waals surface area contributed by atoms with E-state index in [0.29, 0.717) is 18.1 Å². The van der Waals surface area contributed by atoms with Crippen LogP contribution < -0.4 is 10.2 Å². The highest BCUT2D eigenvalue weighted by atomic mass is 16.5. The molecule has 1 saturated carbocycles. The molecule has 3 heteroatoms. The van der Waals surface area contributed by atoms with Gasteiger partial charge in [0.2, 0.25) is 0 Å². The van der Waals surface area contributed by atoms with E-state index in [-0.39, 0.29) is 5.41 Å². The van der Waals surface area contributed by atoms with Crippen molar-refractivity contribution in [1.29, 1.82) is 0 Å². The molecular weight excluding hydrogens is 260 g/mol. The molecule has 1 N–H and O–H groups in total. The number of nitrogens with zero attached hydrogens (tertiary/aromatic N) is 1. The fraction of sp³-hybridized carbons (Fsp3) is 0.667. The molecule has 0 amide bonds. The maximum Gasteiger partial charge on any atom is 0.0665 e. The fourth-order valence-corrected chi connectivity index (χ4v) is 2.78. The molecule has 3 nitrogen and oxygen atoms in total. The monoisotopic (exact) mass is 290 g/mol. The summed E-state index contributed by atoms with van der Waals surface area (Å²) in [5, 5.41) is 3.65. The summed E-state index contributed by atoms with van der Waals surface area (Å²) in [6.07, 6.45) is 1.47. The first-order valence-electron chi connectivity index (χ1n) is 7.96. The number of anilines is 2. The van der Waals surface area contributed by atoms with Gasteiger partial charge in [-0.3, -0.25) is 0 Å². The highest BCUT2D eigenvalue weighted by Gasteiger charge is 2.49. The smallest absolute Gasteiger partial charge is 0.0665 e. The van der Waals surface area contributed by atoms with Crippen molar-refractivity contribution in [3.8, 4) is 0 Å². The second-order valence-electron chi connectivity index (χ2n) is 7.41. The Labute approximate surface area is 129 Å². The van der Waals surface area contributed by atoms with Crippen LogP contribution in [0.2, 0.25) is 0 Å². The summed E-state index contributed by atoms with van der Waals surface area (Å²) in [6.45, 7) is 9.86. The highest BCUT2D eigenvalue weighted by molar-refractivity contribution is 5.55. The Bertz CT molecular complexity index is 451. The lowest BCUT2D eigenvalue weighted by Gasteiger charge is -2.52. The van der Waals surface area contributed by atoms with E-state index in [4.69, 9.17) is 4.74 Å². The Hall–Kier alpha value is -1.22. The first-order valence-corrected chi connectivity index (χ1v) is 7.96. The van der Waals surface area contributed by atoms with E-state index < -0.39 is 0 Å². The number of hydrogen-bond donors (Lipinski definition) is 1. The third-order valence-corrected chi connectivity index (χ3v) is 4.53. The van der Waals surface area contributed by atoms with Gasteiger partial charge in [0.05, 0.1) is 6.10 Å². The van der Waals surface area contributed by atoms with Crippen LogP contribution in [-0.4, -0.2) is 32.8 Å². The van der Waals surface area contributed by atoms with Crippen molar-refractivity contribution in [3.05, 3.63) is 24.3 Å². The van der Waals surface area contributed by atoms with Crippen molar-refractivity contribution in [3.63, 3.8) is 0 Å². The lowest BCUT2D eigenvalue weighted by Crippen LogP contribution is -2.58. The van der Waals surface area contributed by atoms with Crippen molar-refractivity contribution in [2.75, 3.05) is 30.9 Å². The second kappa shape index (κ2) is 6.27. The Morgan fingerprint density at radius 3 is 2.33 bits per heavy atom. The molecule has 1 aromatic rings. The molecule has 2 atom stereocenters. The lowest BCUT2D eigenvalue weighted by molar-refractivity contribution is -0.108. The first kappa shape index (κ1) is 16.2. The maximum absolute atomic E-state index is 6.03. The van der Waals surface area contributed by atoms with Crippen molar-refractivity contribution < 1.29 is 4.74 Å². The van der Waals surface area contributed by atoms with Crippen LogP contribution in [0, 0.1) is 11.3 Å². The Morgan fingerprint density at radius 1 is 1.24 bits per heavy atom. The molecule has 0 saturated heterocycles. The van der Waals surface area contributed by atoms with Crippen LogP contribution in [0.5, 0.6) is 0 Å². The Balaban J connectivity index is 1.90. The Morgan fingerprint density at radius 2 is 1.86 bits per heavy atom. The van der Waals surface area contributed by atoms with Crippen LogP contribution >= 0.6 is 0 Å².